The molecule has 24 atom stereocenters. The normalized spacial score (nSPS) is 48.7. The third-order valence-electron chi connectivity index (χ3n) is 10.8. The maximum atomic E-state index is 12.4. The summed E-state index contributed by atoms with van der Waals surface area (Å²) >= 11 is 0. The molecule has 27 nitrogen and oxygen atoms in total. The smallest absolute Gasteiger partial charge is 0.217 e. The van der Waals surface area contributed by atoms with Gasteiger partial charge >= 0.3 is 0 Å². The van der Waals surface area contributed by atoms with Gasteiger partial charge in [0.25, 0.3) is 0 Å². The second-order valence-corrected chi connectivity index (χ2v) is 15.0. The zero-order chi connectivity index (χ0) is 44.3. The van der Waals surface area contributed by atoms with Crippen LogP contribution in [0.25, 0.3) is 0 Å². The first-order valence-electron chi connectivity index (χ1n) is 19.0. The number of hydrogen-bond acceptors (Lipinski definition) is 25. The van der Waals surface area contributed by atoms with Crippen molar-refractivity contribution in [2.45, 2.75) is 161 Å². The van der Waals surface area contributed by atoms with Crippen LogP contribution < -0.4 is 10.6 Å². The van der Waals surface area contributed by atoms with Crippen molar-refractivity contribution in [1.29, 1.82) is 0 Å². The summed E-state index contributed by atoms with van der Waals surface area (Å²) in [6.07, 6.45) is -39.0. The fourth-order valence-electron chi connectivity index (χ4n) is 7.51. The molecule has 5 aliphatic rings. The van der Waals surface area contributed by atoms with E-state index in [2.05, 4.69) is 10.6 Å². The molecule has 5 saturated heterocycles. The van der Waals surface area contributed by atoms with Crippen LogP contribution >= 0.6 is 0 Å². The van der Waals surface area contributed by atoms with Crippen molar-refractivity contribution in [3.8, 4) is 0 Å². The Morgan fingerprint density at radius 1 is 0.433 bits per heavy atom. The standard InChI is InChI=1S/C33H56N2O25/c1-8(40)34-15-20(45)26(12(5-38)53-29(15)51)58-30-16(35-9(2)41)21(46)27(13(6-39)56-30)59-33-28(60-32-24(49)18(43)11(4-37)55-32)23(48)19(44)14(57-33)7-52-31-25(50)22(47)17(42)10(3-36)54-31/h10-33,36-39,42-51H,3-7H2,1-2H3,(H,34,40)(H,35,41)/t10-,11-,12-,13-,14-,15-,16-,17-,18+,19-,20-,21-,22+,23+,24-,25+,26-,27-,28+,29-,30+,31+,32+,33+/m1/s1. The molecule has 348 valence electrons. The highest BCUT2D eigenvalue weighted by Gasteiger charge is 2.56. The number of aliphatic hydroxyl groups is 14. The third-order valence-corrected chi connectivity index (χ3v) is 10.8. The lowest BCUT2D eigenvalue weighted by atomic mass is 9.94. The minimum atomic E-state index is -2.08. The number of amides is 2. The molecule has 0 aromatic rings. The van der Waals surface area contributed by atoms with Crippen LogP contribution in [-0.2, 0) is 52.2 Å². The fraction of sp³-hybridized carbons (Fsp3) is 0.939. The fourth-order valence-corrected chi connectivity index (χ4v) is 7.51. The van der Waals surface area contributed by atoms with Crippen molar-refractivity contribution >= 4 is 11.8 Å². The van der Waals surface area contributed by atoms with Gasteiger partial charge in [-0.3, -0.25) is 9.59 Å². The Morgan fingerprint density at radius 2 is 0.850 bits per heavy atom. The zero-order valence-electron chi connectivity index (χ0n) is 32.1. The Kier molecular flexibility index (Phi) is 17.3. The molecule has 0 aromatic heterocycles. The Hall–Kier alpha value is -1.98. The van der Waals surface area contributed by atoms with Crippen molar-refractivity contribution < 1.29 is 124 Å². The van der Waals surface area contributed by atoms with Crippen LogP contribution in [0.15, 0.2) is 0 Å². The summed E-state index contributed by atoms with van der Waals surface area (Å²) in [5, 5.41) is 152. The van der Waals surface area contributed by atoms with E-state index in [9.17, 15) is 81.1 Å². The van der Waals surface area contributed by atoms with E-state index in [0.29, 0.717) is 0 Å². The van der Waals surface area contributed by atoms with Crippen LogP contribution in [0.2, 0.25) is 0 Å². The second kappa shape index (κ2) is 21.1. The SMILES string of the molecule is CC(=O)N[C@@H]1[C@@H](O)[C@H](O[C@@H]2O[C@H](CO)[C@@H](O[C@@H]3O[C@H](CO[C@H]4O[C@H](CO)[C@@H](O)[C@H](O)[C@@H]4O)[C@@H](O)[C@H](O)[C@@H]3O[C@@H]3O[C@H](CO)[C@H](O)[C@H]3O)[C@H](O)[C@H]2NC(C)=O)[C@@H](CO)O[C@H]1O. The summed E-state index contributed by atoms with van der Waals surface area (Å²) < 4.78 is 51.0. The van der Waals surface area contributed by atoms with Crippen molar-refractivity contribution in [2.75, 3.05) is 33.0 Å². The molecule has 0 aromatic carbocycles. The summed E-state index contributed by atoms with van der Waals surface area (Å²) in [5.41, 5.74) is 0. The number of aliphatic hydroxyl groups excluding tert-OH is 14. The molecule has 0 unspecified atom stereocenters. The maximum absolute atomic E-state index is 12.4. The second-order valence-electron chi connectivity index (χ2n) is 15.0. The quantitative estimate of drug-likeness (QED) is 0.0726. The molecule has 5 heterocycles. The minimum Gasteiger partial charge on any atom is -0.394 e. The lowest BCUT2D eigenvalue weighted by Gasteiger charge is -2.50. The van der Waals surface area contributed by atoms with E-state index in [1.54, 1.807) is 0 Å². The van der Waals surface area contributed by atoms with Crippen molar-refractivity contribution in [3.63, 3.8) is 0 Å². The topological polar surface area (TPSA) is 424 Å². The largest absolute Gasteiger partial charge is 0.394 e. The lowest BCUT2D eigenvalue weighted by molar-refractivity contribution is -0.378. The van der Waals surface area contributed by atoms with Gasteiger partial charge in [-0.15, -0.1) is 0 Å². The van der Waals surface area contributed by atoms with E-state index >= 15 is 0 Å². The van der Waals surface area contributed by atoms with E-state index < -0.39 is 192 Å². The zero-order valence-corrected chi connectivity index (χ0v) is 32.1. The summed E-state index contributed by atoms with van der Waals surface area (Å²) in [7, 11) is 0. The number of hydrogen-bond donors (Lipinski definition) is 16. The van der Waals surface area contributed by atoms with Crippen LogP contribution in [0.1, 0.15) is 13.8 Å². The number of ether oxygens (including phenoxy) is 9. The molecule has 5 rings (SSSR count). The molecule has 0 radical (unpaired) electrons. The summed E-state index contributed by atoms with van der Waals surface area (Å²) in [4.78, 5) is 24.2. The lowest BCUT2D eigenvalue weighted by Crippen LogP contribution is -2.70. The molecule has 5 aliphatic heterocycles. The molecular formula is C33H56N2O25. The number of carbonyl (C=O) groups excluding carboxylic acids is 2. The van der Waals surface area contributed by atoms with E-state index in [4.69, 9.17) is 42.6 Å². The van der Waals surface area contributed by atoms with E-state index in [-0.39, 0.29) is 0 Å². The molecule has 0 saturated carbocycles. The number of carbonyl (C=O) groups is 2. The van der Waals surface area contributed by atoms with Crippen molar-refractivity contribution in [3.05, 3.63) is 0 Å². The number of nitrogens with one attached hydrogen (secondary N) is 2. The predicted molar refractivity (Wildman–Crippen MR) is 184 cm³/mol. The molecule has 0 spiro atoms. The Morgan fingerprint density at radius 3 is 1.42 bits per heavy atom. The van der Waals surface area contributed by atoms with E-state index in [1.807, 2.05) is 0 Å². The first-order chi connectivity index (χ1) is 28.4. The highest BCUT2D eigenvalue weighted by atomic mass is 16.8. The monoisotopic (exact) mass is 880 g/mol. The van der Waals surface area contributed by atoms with Crippen LogP contribution in [-0.4, -0.2) is 264 Å². The first-order valence-corrected chi connectivity index (χ1v) is 19.0. The van der Waals surface area contributed by atoms with Crippen LogP contribution in [0.4, 0.5) is 0 Å². The first kappa shape index (κ1) is 49.0. The average molecular weight is 881 g/mol. The summed E-state index contributed by atoms with van der Waals surface area (Å²) in [5.74, 6) is -1.47. The van der Waals surface area contributed by atoms with Gasteiger partial charge in [0.2, 0.25) is 11.8 Å². The molecule has 16 N–H and O–H groups in total. The van der Waals surface area contributed by atoms with Gasteiger partial charge in [0.05, 0.1) is 33.0 Å². The Bertz CT molecular complexity index is 1390. The van der Waals surface area contributed by atoms with Gasteiger partial charge in [-0.1, -0.05) is 0 Å². The van der Waals surface area contributed by atoms with Crippen LogP contribution in [0.5, 0.6) is 0 Å². The van der Waals surface area contributed by atoms with Crippen LogP contribution in [0, 0.1) is 0 Å². The highest BCUT2D eigenvalue weighted by Crippen LogP contribution is 2.35. The van der Waals surface area contributed by atoms with Gasteiger partial charge in [-0.05, 0) is 0 Å². The summed E-state index contributed by atoms with van der Waals surface area (Å²) in [6, 6.07) is -3.17. The van der Waals surface area contributed by atoms with E-state index in [0.717, 1.165) is 13.8 Å². The highest BCUT2D eigenvalue weighted by molar-refractivity contribution is 5.73. The summed E-state index contributed by atoms with van der Waals surface area (Å²) in [6.45, 7) is -2.08. The van der Waals surface area contributed by atoms with Gasteiger partial charge in [0, 0.05) is 13.8 Å². The molecule has 27 heteroatoms. The molecular weight excluding hydrogens is 824 g/mol. The molecule has 0 bridgehead atoms. The van der Waals surface area contributed by atoms with Crippen molar-refractivity contribution in [1.82, 2.24) is 10.6 Å². The van der Waals surface area contributed by atoms with Crippen LogP contribution in [0.3, 0.4) is 0 Å². The van der Waals surface area contributed by atoms with Gasteiger partial charge in [-0.25, -0.2) is 0 Å². The van der Waals surface area contributed by atoms with Gasteiger partial charge in [-0.2, -0.15) is 0 Å². The molecule has 2 amide bonds. The maximum Gasteiger partial charge on any atom is 0.217 e. The van der Waals surface area contributed by atoms with Gasteiger partial charge < -0.3 is 125 Å². The van der Waals surface area contributed by atoms with Crippen molar-refractivity contribution in [2.24, 2.45) is 0 Å². The molecule has 5 fully saturated rings. The predicted octanol–water partition coefficient (Wildman–Crippen LogP) is -11.0. The van der Waals surface area contributed by atoms with Gasteiger partial charge in [0.15, 0.2) is 31.5 Å². The Balaban J connectivity index is 1.41. The van der Waals surface area contributed by atoms with E-state index in [1.165, 1.54) is 0 Å². The molecule has 0 aliphatic carbocycles. The number of rotatable bonds is 15. The average Bonchev–Trinajstić information content (AvgIpc) is 3.48. The van der Waals surface area contributed by atoms with Gasteiger partial charge in [0.1, 0.15) is 116 Å². The third kappa shape index (κ3) is 10.5. The Labute approximate surface area is 340 Å². The minimum absolute atomic E-state index is 0.686. The molecule has 60 heavy (non-hydrogen) atoms.